The van der Waals surface area contributed by atoms with Gasteiger partial charge in [0.15, 0.2) is 4.75 Å². The predicted molar refractivity (Wildman–Crippen MR) is 144 cm³/mol. The quantitative estimate of drug-likeness (QED) is 0.287. The fourth-order valence-electron chi connectivity index (χ4n) is 4.33. The Morgan fingerprint density at radius 1 is 0.919 bits per heavy atom. The van der Waals surface area contributed by atoms with E-state index in [2.05, 4.69) is 15.9 Å². The van der Waals surface area contributed by atoms with E-state index in [1.807, 2.05) is 42.5 Å². The number of ether oxygens (including phenoxy) is 3. The number of hydrogen-bond donors (Lipinski definition) is 0. The number of thiophene rings is 1. The number of amides is 1. The molecule has 1 amide bonds. The maximum Gasteiger partial charge on any atom is 0.337 e. The van der Waals surface area contributed by atoms with Crippen LogP contribution < -0.4 is 4.90 Å². The van der Waals surface area contributed by atoms with Gasteiger partial charge in [-0.15, -0.1) is 23.1 Å². The first-order valence-electron chi connectivity index (χ1n) is 10.9. The molecule has 1 aromatic heterocycles. The molecule has 8 nitrogen and oxygen atoms in total. The maximum absolute atomic E-state index is 13.7. The van der Waals surface area contributed by atoms with Crippen molar-refractivity contribution in [2.24, 2.45) is 0 Å². The van der Waals surface area contributed by atoms with Crippen LogP contribution in [0.3, 0.4) is 0 Å². The molecule has 0 saturated carbocycles. The van der Waals surface area contributed by atoms with E-state index in [1.54, 1.807) is 0 Å². The molecule has 2 aromatic carbocycles. The summed E-state index contributed by atoms with van der Waals surface area (Å²) in [7, 11) is 3.75. The summed E-state index contributed by atoms with van der Waals surface area (Å²) in [6, 6.07) is 16.2. The normalized spacial score (nSPS) is 19.3. The molecule has 0 spiro atoms. The summed E-state index contributed by atoms with van der Waals surface area (Å²) >= 11 is 6.04. The van der Waals surface area contributed by atoms with Crippen molar-refractivity contribution in [2.75, 3.05) is 32.0 Å². The van der Waals surface area contributed by atoms with E-state index in [1.165, 1.54) is 67.5 Å². The minimum atomic E-state index is -1.35. The summed E-state index contributed by atoms with van der Waals surface area (Å²) in [5, 5.41) is 0. The van der Waals surface area contributed by atoms with Crippen LogP contribution in [-0.4, -0.2) is 50.9 Å². The van der Waals surface area contributed by atoms with Crippen LogP contribution in [0.25, 0.3) is 0 Å². The van der Waals surface area contributed by atoms with Crippen LogP contribution in [0.4, 0.5) is 5.69 Å². The van der Waals surface area contributed by atoms with E-state index < -0.39 is 28.7 Å². The smallest absolute Gasteiger partial charge is 0.337 e. The zero-order valence-corrected chi connectivity index (χ0v) is 23.3. The Morgan fingerprint density at radius 2 is 1.54 bits per heavy atom. The van der Waals surface area contributed by atoms with Crippen molar-refractivity contribution in [3.63, 3.8) is 0 Å². The molecule has 11 heteroatoms. The van der Waals surface area contributed by atoms with E-state index in [-0.39, 0.29) is 28.5 Å². The SMILES string of the molecule is COC(=O)c1cc(C(=O)OC)cc(N2C(=O)CS[C@](C(=O)OC)(c3ccccc3)[C@H]2c2ccc(Br)s2)c1. The molecular weight excluding hydrogens is 582 g/mol. The third-order valence-electron chi connectivity index (χ3n) is 5.93. The van der Waals surface area contributed by atoms with Gasteiger partial charge in [-0.2, -0.15) is 0 Å². The number of carbonyl (C=O) groups is 4. The van der Waals surface area contributed by atoms with Gasteiger partial charge in [0.25, 0.3) is 0 Å². The Balaban J connectivity index is 2.04. The molecule has 3 aromatic rings. The first-order chi connectivity index (χ1) is 17.8. The first kappa shape index (κ1) is 26.9. The summed E-state index contributed by atoms with van der Waals surface area (Å²) in [6.45, 7) is 0. The Hall–Kier alpha value is -3.15. The van der Waals surface area contributed by atoms with Gasteiger partial charge in [-0.25, -0.2) is 9.59 Å². The van der Waals surface area contributed by atoms with Crippen molar-refractivity contribution in [3.8, 4) is 0 Å². The number of anilines is 1. The molecule has 0 unspecified atom stereocenters. The monoisotopic (exact) mass is 603 g/mol. The highest BCUT2D eigenvalue weighted by atomic mass is 79.9. The summed E-state index contributed by atoms with van der Waals surface area (Å²) in [5.74, 6) is -2.28. The van der Waals surface area contributed by atoms with Gasteiger partial charge in [0, 0.05) is 10.6 Å². The Bertz CT molecular complexity index is 1330. The van der Waals surface area contributed by atoms with Crippen molar-refractivity contribution in [1.82, 2.24) is 0 Å². The molecule has 4 rings (SSSR count). The first-order valence-corrected chi connectivity index (χ1v) is 13.5. The molecule has 0 bridgehead atoms. The van der Waals surface area contributed by atoms with Gasteiger partial charge in [0.05, 0.1) is 42.0 Å². The second-order valence-electron chi connectivity index (χ2n) is 7.94. The minimum Gasteiger partial charge on any atom is -0.468 e. The van der Waals surface area contributed by atoms with E-state index in [4.69, 9.17) is 14.2 Å². The lowest BCUT2D eigenvalue weighted by Gasteiger charge is -2.47. The zero-order valence-electron chi connectivity index (χ0n) is 20.1. The number of halogens is 1. The molecule has 192 valence electrons. The van der Waals surface area contributed by atoms with Crippen LogP contribution in [0.1, 0.15) is 37.2 Å². The number of esters is 3. The zero-order chi connectivity index (χ0) is 26.7. The van der Waals surface area contributed by atoms with Crippen molar-refractivity contribution < 1.29 is 33.4 Å². The molecule has 2 heterocycles. The van der Waals surface area contributed by atoms with Gasteiger partial charge in [0.2, 0.25) is 5.91 Å². The lowest BCUT2D eigenvalue weighted by molar-refractivity contribution is -0.144. The fraction of sp³-hybridized carbons (Fsp3) is 0.231. The predicted octanol–water partition coefficient (Wildman–Crippen LogP) is 4.97. The van der Waals surface area contributed by atoms with E-state index in [0.29, 0.717) is 10.4 Å². The second-order valence-corrected chi connectivity index (χ2v) is 11.7. The summed E-state index contributed by atoms with van der Waals surface area (Å²) in [5.41, 5.74) is 1.00. The van der Waals surface area contributed by atoms with E-state index in [0.717, 1.165) is 3.79 Å². The largest absolute Gasteiger partial charge is 0.468 e. The topological polar surface area (TPSA) is 99.2 Å². The van der Waals surface area contributed by atoms with Crippen LogP contribution in [-0.2, 0) is 28.5 Å². The third-order valence-corrected chi connectivity index (χ3v) is 9.08. The number of methoxy groups -OCH3 is 3. The molecule has 1 aliphatic heterocycles. The Labute approximate surface area is 230 Å². The molecule has 1 saturated heterocycles. The van der Waals surface area contributed by atoms with Gasteiger partial charge >= 0.3 is 17.9 Å². The minimum absolute atomic E-state index is 0.0525. The summed E-state index contributed by atoms with van der Waals surface area (Å²) in [6.07, 6.45) is 0. The van der Waals surface area contributed by atoms with Crippen molar-refractivity contribution in [2.45, 2.75) is 10.8 Å². The maximum atomic E-state index is 13.7. The Morgan fingerprint density at radius 3 is 2.05 bits per heavy atom. The molecule has 2 atom stereocenters. The summed E-state index contributed by atoms with van der Waals surface area (Å²) < 4.78 is 14.5. The molecule has 0 aliphatic carbocycles. The molecule has 1 aliphatic rings. The van der Waals surface area contributed by atoms with E-state index >= 15 is 0 Å². The van der Waals surface area contributed by atoms with Gasteiger partial charge in [-0.1, -0.05) is 30.3 Å². The van der Waals surface area contributed by atoms with Gasteiger partial charge in [0.1, 0.15) is 6.04 Å². The van der Waals surface area contributed by atoms with Crippen LogP contribution in [0.2, 0.25) is 0 Å². The number of thioether (sulfide) groups is 1. The van der Waals surface area contributed by atoms with Gasteiger partial charge < -0.3 is 19.1 Å². The van der Waals surface area contributed by atoms with Crippen molar-refractivity contribution in [3.05, 3.63) is 86.0 Å². The molecule has 1 fully saturated rings. The van der Waals surface area contributed by atoms with Crippen molar-refractivity contribution in [1.29, 1.82) is 0 Å². The van der Waals surface area contributed by atoms with Crippen LogP contribution in [0.15, 0.2) is 64.5 Å². The standard InChI is InChI=1S/C26H22BrNO7S2/c1-33-23(30)15-11-16(24(31)34-2)13-18(12-15)28-21(29)14-36-26(25(32)35-3,17-7-5-4-6-8-17)22(28)19-9-10-20(27)37-19/h4-13,22H,14H2,1-3H3/t22-,26-/m1/s1. The van der Waals surface area contributed by atoms with Gasteiger partial charge in [-0.05, 0) is 51.8 Å². The number of nitrogens with zero attached hydrogens (tertiary/aromatic N) is 1. The van der Waals surface area contributed by atoms with Crippen LogP contribution in [0.5, 0.6) is 0 Å². The highest BCUT2D eigenvalue weighted by Crippen LogP contribution is 2.56. The van der Waals surface area contributed by atoms with Crippen molar-refractivity contribution >= 4 is 68.5 Å². The molecule has 0 N–H and O–H groups in total. The lowest BCUT2D eigenvalue weighted by atomic mass is 9.87. The molecule has 0 radical (unpaired) electrons. The Kier molecular flexibility index (Phi) is 8.05. The lowest BCUT2D eigenvalue weighted by Crippen LogP contribution is -2.54. The van der Waals surface area contributed by atoms with Gasteiger partial charge in [-0.3, -0.25) is 9.59 Å². The van der Waals surface area contributed by atoms with E-state index in [9.17, 15) is 19.2 Å². The highest BCUT2D eigenvalue weighted by molar-refractivity contribution is 9.11. The third kappa shape index (κ3) is 4.90. The number of carbonyl (C=O) groups excluding carboxylic acids is 4. The van der Waals surface area contributed by atoms with Crippen LogP contribution >= 0.6 is 39.0 Å². The average molecular weight is 605 g/mol. The van der Waals surface area contributed by atoms with Crippen LogP contribution in [0, 0.1) is 0 Å². The number of benzene rings is 2. The summed E-state index contributed by atoms with van der Waals surface area (Å²) in [4.78, 5) is 54.4. The highest BCUT2D eigenvalue weighted by Gasteiger charge is 2.57. The fourth-order valence-corrected chi connectivity index (χ4v) is 7.38. The second kappa shape index (κ2) is 11.1. The molecular formula is C26H22BrNO7S2. The number of hydrogen-bond acceptors (Lipinski definition) is 9. The number of rotatable bonds is 6. The molecule has 37 heavy (non-hydrogen) atoms. The average Bonchev–Trinajstić information content (AvgIpc) is 3.37.